The molecule has 0 saturated heterocycles. The first-order chi connectivity index (χ1) is 7.74. The molecule has 1 rings (SSSR count). The van der Waals surface area contributed by atoms with Crippen LogP contribution < -0.4 is 5.32 Å². The van der Waals surface area contributed by atoms with Crippen LogP contribution in [0, 0.1) is 6.92 Å². The van der Waals surface area contributed by atoms with Crippen LogP contribution in [0.5, 0.6) is 0 Å². The van der Waals surface area contributed by atoms with Gasteiger partial charge in [0.1, 0.15) is 16.7 Å². The van der Waals surface area contributed by atoms with E-state index in [1.165, 1.54) is 0 Å². The van der Waals surface area contributed by atoms with Crippen LogP contribution in [0.3, 0.4) is 0 Å². The van der Waals surface area contributed by atoms with Gasteiger partial charge in [-0.15, -0.1) is 11.8 Å². The minimum atomic E-state index is 0.165. The van der Waals surface area contributed by atoms with Crippen molar-refractivity contribution in [1.29, 1.82) is 0 Å². The molecular formula is C13H23N3S. The molecule has 96 valence electrons. The van der Waals surface area contributed by atoms with E-state index in [0.717, 1.165) is 22.2 Å². The topological polar surface area (TPSA) is 37.8 Å². The van der Waals surface area contributed by atoms with Crippen molar-refractivity contribution in [3.63, 3.8) is 0 Å². The van der Waals surface area contributed by atoms with E-state index in [1.54, 1.807) is 11.8 Å². The summed E-state index contributed by atoms with van der Waals surface area (Å²) in [6.07, 6.45) is 0. The maximum absolute atomic E-state index is 4.68. The Morgan fingerprint density at radius 1 is 1.18 bits per heavy atom. The second-order valence-corrected chi connectivity index (χ2v) is 7.30. The first-order valence-electron chi connectivity index (χ1n) is 6.00. The lowest BCUT2D eigenvalue weighted by Crippen LogP contribution is -2.11. The summed E-state index contributed by atoms with van der Waals surface area (Å²) in [6.45, 7) is 12.9. The standard InChI is InChI=1S/C13H23N3S/c1-8(2)10-15-11(14-7)9(3)12(16-10)17-13(4,5)6/h8H,1-7H3,(H,14,15,16). The number of rotatable bonds is 3. The van der Waals surface area contributed by atoms with Gasteiger partial charge in [0.2, 0.25) is 0 Å². The highest BCUT2D eigenvalue weighted by Gasteiger charge is 2.18. The van der Waals surface area contributed by atoms with Crippen LogP contribution in [0.2, 0.25) is 0 Å². The molecule has 0 aromatic carbocycles. The Morgan fingerprint density at radius 2 is 1.76 bits per heavy atom. The Balaban J connectivity index is 3.23. The molecule has 0 aliphatic heterocycles. The molecule has 3 nitrogen and oxygen atoms in total. The van der Waals surface area contributed by atoms with Gasteiger partial charge in [-0.1, -0.05) is 34.6 Å². The van der Waals surface area contributed by atoms with Crippen molar-refractivity contribution in [2.75, 3.05) is 12.4 Å². The SMILES string of the molecule is CNc1nc(C(C)C)nc(SC(C)(C)C)c1C. The Hall–Kier alpha value is -0.770. The molecule has 0 amide bonds. The fraction of sp³-hybridized carbons (Fsp3) is 0.692. The molecule has 1 aromatic rings. The fourth-order valence-corrected chi connectivity index (χ4v) is 2.37. The van der Waals surface area contributed by atoms with Gasteiger partial charge in [0.25, 0.3) is 0 Å². The summed E-state index contributed by atoms with van der Waals surface area (Å²) in [4.78, 5) is 9.22. The Labute approximate surface area is 109 Å². The maximum Gasteiger partial charge on any atom is 0.134 e. The van der Waals surface area contributed by atoms with E-state index in [9.17, 15) is 0 Å². The zero-order valence-electron chi connectivity index (χ0n) is 11.9. The first kappa shape index (κ1) is 14.3. The van der Waals surface area contributed by atoms with E-state index < -0.39 is 0 Å². The summed E-state index contributed by atoms with van der Waals surface area (Å²) in [6, 6.07) is 0. The van der Waals surface area contributed by atoms with Crippen molar-refractivity contribution in [2.45, 2.75) is 57.2 Å². The first-order valence-corrected chi connectivity index (χ1v) is 6.81. The molecule has 0 aliphatic rings. The van der Waals surface area contributed by atoms with Gasteiger partial charge in [0, 0.05) is 23.3 Å². The maximum atomic E-state index is 4.68. The minimum Gasteiger partial charge on any atom is -0.373 e. The smallest absolute Gasteiger partial charge is 0.134 e. The molecule has 0 spiro atoms. The van der Waals surface area contributed by atoms with Gasteiger partial charge >= 0.3 is 0 Å². The summed E-state index contributed by atoms with van der Waals surface area (Å²) < 4.78 is 0.165. The Kier molecular flexibility index (Phi) is 4.42. The number of anilines is 1. The third-order valence-electron chi connectivity index (χ3n) is 2.27. The van der Waals surface area contributed by atoms with Crippen molar-refractivity contribution in [2.24, 2.45) is 0 Å². The molecular weight excluding hydrogens is 230 g/mol. The summed E-state index contributed by atoms with van der Waals surface area (Å²) in [5.41, 5.74) is 1.14. The number of thioether (sulfide) groups is 1. The number of aromatic nitrogens is 2. The highest BCUT2D eigenvalue weighted by Crippen LogP contribution is 2.35. The summed E-state index contributed by atoms with van der Waals surface area (Å²) in [7, 11) is 1.91. The molecule has 0 radical (unpaired) electrons. The van der Waals surface area contributed by atoms with Gasteiger partial charge in [-0.25, -0.2) is 9.97 Å². The molecule has 4 heteroatoms. The van der Waals surface area contributed by atoms with Crippen molar-refractivity contribution >= 4 is 17.6 Å². The van der Waals surface area contributed by atoms with Gasteiger partial charge in [-0.2, -0.15) is 0 Å². The fourth-order valence-electron chi connectivity index (χ4n) is 1.40. The number of hydrogen-bond donors (Lipinski definition) is 1. The number of hydrogen-bond acceptors (Lipinski definition) is 4. The molecule has 1 aromatic heterocycles. The average Bonchev–Trinajstić information content (AvgIpc) is 2.18. The molecule has 0 bridgehead atoms. The summed E-state index contributed by atoms with van der Waals surface area (Å²) in [5.74, 6) is 2.20. The number of nitrogens with zero attached hydrogens (tertiary/aromatic N) is 2. The van der Waals surface area contributed by atoms with Crippen LogP contribution in [0.25, 0.3) is 0 Å². The van der Waals surface area contributed by atoms with Crippen LogP contribution in [-0.2, 0) is 0 Å². The van der Waals surface area contributed by atoms with Gasteiger partial charge < -0.3 is 5.32 Å². The van der Waals surface area contributed by atoms with E-state index >= 15 is 0 Å². The van der Waals surface area contributed by atoms with Crippen molar-refractivity contribution in [3.8, 4) is 0 Å². The summed E-state index contributed by atoms with van der Waals surface area (Å²) >= 11 is 1.80. The quantitative estimate of drug-likeness (QED) is 0.656. The van der Waals surface area contributed by atoms with Crippen molar-refractivity contribution in [3.05, 3.63) is 11.4 Å². The lowest BCUT2D eigenvalue weighted by molar-refractivity contribution is 0.742. The van der Waals surface area contributed by atoms with Gasteiger partial charge in [-0.05, 0) is 6.92 Å². The number of nitrogens with one attached hydrogen (secondary N) is 1. The molecule has 1 N–H and O–H groups in total. The van der Waals surface area contributed by atoms with Gasteiger partial charge in [-0.3, -0.25) is 0 Å². The summed E-state index contributed by atoms with van der Waals surface area (Å²) in [5, 5.41) is 4.24. The van der Waals surface area contributed by atoms with Crippen molar-refractivity contribution < 1.29 is 0 Å². The van der Waals surface area contributed by atoms with E-state index in [1.807, 2.05) is 7.05 Å². The Morgan fingerprint density at radius 3 is 2.18 bits per heavy atom. The highest BCUT2D eigenvalue weighted by molar-refractivity contribution is 8.00. The highest BCUT2D eigenvalue weighted by atomic mass is 32.2. The predicted molar refractivity (Wildman–Crippen MR) is 76.0 cm³/mol. The molecule has 0 unspecified atom stereocenters. The Bertz CT molecular complexity index is 394. The zero-order chi connectivity index (χ0) is 13.2. The van der Waals surface area contributed by atoms with Crippen LogP contribution in [-0.4, -0.2) is 21.8 Å². The lowest BCUT2D eigenvalue weighted by Gasteiger charge is -2.20. The normalized spacial score (nSPS) is 12.0. The van der Waals surface area contributed by atoms with E-state index in [-0.39, 0.29) is 4.75 Å². The van der Waals surface area contributed by atoms with Gasteiger partial charge in [0.15, 0.2) is 0 Å². The van der Waals surface area contributed by atoms with E-state index in [0.29, 0.717) is 5.92 Å². The third-order valence-corrected chi connectivity index (χ3v) is 3.48. The van der Waals surface area contributed by atoms with Crippen LogP contribution in [0.4, 0.5) is 5.82 Å². The van der Waals surface area contributed by atoms with E-state index in [2.05, 4.69) is 56.8 Å². The molecule has 0 atom stereocenters. The molecule has 17 heavy (non-hydrogen) atoms. The van der Waals surface area contributed by atoms with Gasteiger partial charge in [0.05, 0.1) is 0 Å². The average molecular weight is 253 g/mol. The minimum absolute atomic E-state index is 0.165. The second kappa shape index (κ2) is 5.25. The molecule has 1 heterocycles. The van der Waals surface area contributed by atoms with Crippen LogP contribution in [0.1, 0.15) is 51.9 Å². The zero-order valence-corrected chi connectivity index (χ0v) is 12.7. The van der Waals surface area contributed by atoms with Crippen LogP contribution in [0.15, 0.2) is 5.03 Å². The monoisotopic (exact) mass is 253 g/mol. The van der Waals surface area contributed by atoms with Crippen LogP contribution >= 0.6 is 11.8 Å². The molecule has 0 saturated carbocycles. The largest absolute Gasteiger partial charge is 0.373 e. The predicted octanol–water partition coefficient (Wildman–Crippen LogP) is 3.84. The van der Waals surface area contributed by atoms with E-state index in [4.69, 9.17) is 0 Å². The molecule has 0 fully saturated rings. The third kappa shape index (κ3) is 3.87. The van der Waals surface area contributed by atoms with Crippen molar-refractivity contribution in [1.82, 2.24) is 9.97 Å². The lowest BCUT2D eigenvalue weighted by atomic mass is 10.2. The molecule has 0 aliphatic carbocycles. The second-order valence-electron chi connectivity index (χ2n) is 5.48.